The Morgan fingerprint density at radius 2 is 1.46 bits per heavy atom. The van der Waals surface area contributed by atoms with Crippen molar-refractivity contribution in [3.63, 3.8) is 0 Å². The lowest BCUT2D eigenvalue weighted by atomic mass is 9.95. The molecular weight excluding hydrogens is 441 g/mol. The molecule has 0 spiro atoms. The lowest BCUT2D eigenvalue weighted by molar-refractivity contribution is -0.249. The Hall–Kier alpha value is -1.87. The molecule has 1 aliphatic rings. The van der Waals surface area contributed by atoms with E-state index in [2.05, 4.69) is 4.99 Å². The van der Waals surface area contributed by atoms with Crippen molar-refractivity contribution in [2.24, 2.45) is 4.99 Å². The fraction of sp³-hybridized carbons (Fsp3) is 0.235. The predicted octanol–water partition coefficient (Wildman–Crippen LogP) is 7.51. The van der Waals surface area contributed by atoms with Crippen molar-refractivity contribution in [3.05, 3.63) is 51.5 Å². The molecule has 0 fully saturated rings. The zero-order valence-electron chi connectivity index (χ0n) is 13.3. The average molecular weight is 448 g/mol. The Labute approximate surface area is 162 Å². The number of rotatable bonds is 2. The molecule has 11 heteroatoms. The first-order valence-corrected chi connectivity index (χ1v) is 8.19. The Morgan fingerprint density at radius 1 is 0.821 bits per heavy atom. The largest absolute Gasteiger partial charge is 0.459 e. The average Bonchev–Trinajstić information content (AvgIpc) is 2.95. The van der Waals surface area contributed by atoms with Crippen LogP contribution in [0.3, 0.4) is 0 Å². The summed E-state index contributed by atoms with van der Waals surface area (Å²) < 4.78 is 105. The molecule has 0 unspecified atom stereocenters. The highest BCUT2D eigenvalue weighted by Gasteiger charge is 2.61. The third-order valence-electron chi connectivity index (χ3n) is 4.08. The van der Waals surface area contributed by atoms with Gasteiger partial charge in [-0.1, -0.05) is 29.3 Å². The number of benzene rings is 2. The van der Waals surface area contributed by atoms with Gasteiger partial charge in [0.25, 0.3) is 0 Å². The van der Waals surface area contributed by atoms with Crippen LogP contribution in [0.5, 0.6) is 0 Å². The number of aliphatic imine (C=N–C) groups is 1. The monoisotopic (exact) mass is 447 g/mol. The number of halogens is 10. The van der Waals surface area contributed by atoms with Crippen LogP contribution in [0.1, 0.15) is 11.1 Å². The van der Waals surface area contributed by atoms with Gasteiger partial charge in [-0.25, -0.2) is 0 Å². The van der Waals surface area contributed by atoms with E-state index in [9.17, 15) is 35.1 Å². The molecule has 0 amide bonds. The summed E-state index contributed by atoms with van der Waals surface area (Å²) in [4.78, 5) is 3.29. The second kappa shape index (κ2) is 6.59. The van der Waals surface area contributed by atoms with Crippen LogP contribution in [0, 0.1) is 0 Å². The Kier molecular flexibility index (Phi) is 4.91. The van der Waals surface area contributed by atoms with E-state index in [4.69, 9.17) is 23.2 Å². The molecule has 1 aliphatic heterocycles. The minimum absolute atomic E-state index is 0.0959. The molecule has 0 saturated heterocycles. The van der Waals surface area contributed by atoms with Crippen molar-refractivity contribution < 1.29 is 35.1 Å². The first-order valence-electron chi connectivity index (χ1n) is 7.44. The summed E-state index contributed by atoms with van der Waals surface area (Å²) >= 11 is 11.6. The van der Waals surface area contributed by atoms with E-state index in [0.29, 0.717) is 6.07 Å². The normalized spacial score (nSPS) is 14.9. The van der Waals surface area contributed by atoms with Crippen LogP contribution in [-0.4, -0.2) is 17.8 Å². The van der Waals surface area contributed by atoms with Gasteiger partial charge < -0.3 is 0 Å². The SMILES string of the molecule is FC(F)(F)c1cc(Cl)ccc1-c1cc2c(cc1Cl)N=C(C(F)(F)C(F)(F)F)C2. The van der Waals surface area contributed by atoms with Gasteiger partial charge in [0.05, 0.1) is 16.3 Å². The third kappa shape index (κ3) is 3.57. The van der Waals surface area contributed by atoms with Crippen LogP contribution in [0.25, 0.3) is 11.1 Å². The molecular formula is C17H7Cl2F8N. The highest BCUT2D eigenvalue weighted by molar-refractivity contribution is 6.34. The number of alkyl halides is 8. The number of hydrogen-bond acceptors (Lipinski definition) is 1. The maximum atomic E-state index is 13.5. The maximum Gasteiger partial charge on any atom is 0.459 e. The summed E-state index contributed by atoms with van der Waals surface area (Å²) in [5.41, 5.74) is -3.49. The molecule has 0 radical (unpaired) electrons. The molecule has 0 bridgehead atoms. The van der Waals surface area contributed by atoms with Crippen LogP contribution >= 0.6 is 23.2 Å². The first kappa shape index (κ1) is 20.9. The molecule has 2 aromatic carbocycles. The Morgan fingerprint density at radius 3 is 2.04 bits per heavy atom. The van der Waals surface area contributed by atoms with Crippen molar-refractivity contribution in [2.45, 2.75) is 24.7 Å². The molecule has 0 atom stereocenters. The Bertz CT molecular complexity index is 976. The zero-order valence-corrected chi connectivity index (χ0v) is 14.8. The second-order valence-corrected chi connectivity index (χ2v) is 6.80. The van der Waals surface area contributed by atoms with Gasteiger partial charge in [-0.05, 0) is 35.4 Å². The number of fused-ring (bicyclic) bond motifs is 1. The highest BCUT2D eigenvalue weighted by atomic mass is 35.5. The van der Waals surface area contributed by atoms with Crippen LogP contribution in [-0.2, 0) is 12.6 Å². The smallest absolute Gasteiger partial charge is 0.250 e. The van der Waals surface area contributed by atoms with Crippen LogP contribution in [0.15, 0.2) is 35.3 Å². The van der Waals surface area contributed by atoms with Gasteiger partial charge >= 0.3 is 18.3 Å². The van der Waals surface area contributed by atoms with E-state index in [0.717, 1.165) is 18.2 Å². The van der Waals surface area contributed by atoms with Crippen LogP contribution < -0.4 is 0 Å². The van der Waals surface area contributed by atoms with Crippen LogP contribution in [0.4, 0.5) is 40.8 Å². The molecule has 0 saturated carbocycles. The van der Waals surface area contributed by atoms with E-state index in [1.807, 2.05) is 0 Å². The molecule has 2 aromatic rings. The third-order valence-corrected chi connectivity index (χ3v) is 4.63. The van der Waals surface area contributed by atoms with Gasteiger partial charge in [0.15, 0.2) is 0 Å². The molecule has 1 heterocycles. The first-order chi connectivity index (χ1) is 12.7. The van der Waals surface area contributed by atoms with Gasteiger partial charge in [0.1, 0.15) is 5.71 Å². The second-order valence-electron chi connectivity index (χ2n) is 5.96. The van der Waals surface area contributed by atoms with Gasteiger partial charge in [0.2, 0.25) is 0 Å². The van der Waals surface area contributed by atoms with Crippen molar-refractivity contribution in [1.82, 2.24) is 0 Å². The summed E-state index contributed by atoms with van der Waals surface area (Å²) in [5.74, 6) is -5.17. The summed E-state index contributed by atoms with van der Waals surface area (Å²) in [7, 11) is 0. The van der Waals surface area contributed by atoms with Crippen molar-refractivity contribution in [1.29, 1.82) is 0 Å². The fourth-order valence-corrected chi connectivity index (χ4v) is 3.19. The topological polar surface area (TPSA) is 12.4 Å². The molecule has 0 aliphatic carbocycles. The van der Waals surface area contributed by atoms with E-state index in [1.54, 1.807) is 0 Å². The summed E-state index contributed by atoms with van der Waals surface area (Å²) in [5, 5.41) is -0.476. The lowest BCUT2D eigenvalue weighted by Gasteiger charge is -2.19. The van der Waals surface area contributed by atoms with Crippen molar-refractivity contribution >= 4 is 34.6 Å². The lowest BCUT2D eigenvalue weighted by Crippen LogP contribution is -2.44. The predicted molar refractivity (Wildman–Crippen MR) is 88.7 cm³/mol. The quantitative estimate of drug-likeness (QED) is 0.422. The van der Waals surface area contributed by atoms with Gasteiger partial charge in [-0.15, -0.1) is 0 Å². The maximum absolute atomic E-state index is 13.5. The van der Waals surface area contributed by atoms with Crippen LogP contribution in [0.2, 0.25) is 10.0 Å². The number of hydrogen-bond donors (Lipinski definition) is 0. The molecule has 0 N–H and O–H groups in total. The van der Waals surface area contributed by atoms with E-state index in [1.165, 1.54) is 6.07 Å². The van der Waals surface area contributed by atoms with Gasteiger partial charge in [-0.3, -0.25) is 4.99 Å². The van der Waals surface area contributed by atoms with Crippen molar-refractivity contribution in [3.8, 4) is 11.1 Å². The molecule has 28 heavy (non-hydrogen) atoms. The van der Waals surface area contributed by atoms with Crippen molar-refractivity contribution in [2.75, 3.05) is 0 Å². The van der Waals surface area contributed by atoms with Gasteiger partial charge in [0, 0.05) is 17.0 Å². The standard InChI is InChI=1S/C17H7Cl2F8N/c18-8-1-2-9(11(5-8)16(22,23)24)10-3-7-4-14(15(20,21)17(25,26)27)28-13(7)6-12(10)19/h1-3,5-6H,4H2. The van der Waals surface area contributed by atoms with E-state index >= 15 is 0 Å². The molecule has 150 valence electrons. The highest BCUT2D eigenvalue weighted by Crippen LogP contribution is 2.46. The van der Waals surface area contributed by atoms with E-state index in [-0.39, 0.29) is 32.4 Å². The Balaban J connectivity index is 2.09. The minimum Gasteiger partial charge on any atom is -0.250 e. The summed E-state index contributed by atoms with van der Waals surface area (Å²) in [6, 6.07) is 4.87. The minimum atomic E-state index is -5.85. The zero-order chi connectivity index (χ0) is 21.1. The molecule has 1 nitrogen and oxygen atoms in total. The molecule has 0 aromatic heterocycles. The van der Waals surface area contributed by atoms with Gasteiger partial charge in [-0.2, -0.15) is 35.1 Å². The van der Waals surface area contributed by atoms with E-state index < -0.39 is 36.0 Å². The molecule has 3 rings (SSSR count). The summed E-state index contributed by atoms with van der Waals surface area (Å²) in [6.45, 7) is 0. The fourth-order valence-electron chi connectivity index (χ4n) is 2.76. The number of nitrogens with zero attached hydrogens (tertiary/aromatic N) is 1. The summed E-state index contributed by atoms with van der Waals surface area (Å²) in [6.07, 6.45) is -11.5.